The summed E-state index contributed by atoms with van der Waals surface area (Å²) < 4.78 is 49.9. The molecule has 0 saturated heterocycles. The van der Waals surface area contributed by atoms with Crippen LogP contribution in [0.15, 0.2) is 0 Å². The van der Waals surface area contributed by atoms with Crippen LogP contribution in [0.1, 0.15) is 51.4 Å². The largest absolute Gasteiger partial charge is 0.369 e. The molecule has 0 aromatic carbocycles. The van der Waals surface area contributed by atoms with E-state index in [4.69, 9.17) is 11.5 Å². The Balaban J connectivity index is 0.000000211. The first-order valence-corrected chi connectivity index (χ1v) is 7.40. The van der Waals surface area contributed by atoms with Gasteiger partial charge in [-0.05, 0) is 38.1 Å². The molecule has 124 valence electrons. The number of hydrogen-bond donors (Lipinski definition) is 2. The van der Waals surface area contributed by atoms with Crippen molar-refractivity contribution in [2.24, 2.45) is 23.3 Å². The van der Waals surface area contributed by atoms with Crippen molar-refractivity contribution in [3.63, 3.8) is 0 Å². The van der Waals surface area contributed by atoms with E-state index in [-0.39, 0.29) is 44.4 Å². The van der Waals surface area contributed by atoms with Gasteiger partial charge in [0.1, 0.15) is 0 Å². The van der Waals surface area contributed by atoms with E-state index < -0.39 is 17.8 Å². The van der Waals surface area contributed by atoms with Crippen molar-refractivity contribution in [2.45, 2.75) is 63.2 Å². The Morgan fingerprint density at radius 2 is 1.29 bits per heavy atom. The van der Waals surface area contributed by atoms with E-state index in [1.807, 2.05) is 0 Å². The molecule has 2 saturated carbocycles. The van der Waals surface area contributed by atoms with E-state index in [1.165, 1.54) is 0 Å². The van der Waals surface area contributed by atoms with E-state index in [0.717, 1.165) is 0 Å². The second-order valence-corrected chi connectivity index (χ2v) is 6.07. The molecular formula is C14H24F4N2O. The number of halogens is 4. The number of carbonyl (C=O) groups excluding carboxylic acids is 1. The lowest BCUT2D eigenvalue weighted by molar-refractivity contribution is -0.125. The summed E-state index contributed by atoms with van der Waals surface area (Å²) in [6.07, 6.45) is 1.36. The van der Waals surface area contributed by atoms with Gasteiger partial charge in [-0.3, -0.25) is 4.79 Å². The van der Waals surface area contributed by atoms with Crippen LogP contribution in [0.25, 0.3) is 0 Å². The van der Waals surface area contributed by atoms with E-state index >= 15 is 0 Å². The summed E-state index contributed by atoms with van der Waals surface area (Å²) in [5.74, 6) is -5.38. The molecule has 2 rings (SSSR count). The van der Waals surface area contributed by atoms with Crippen molar-refractivity contribution in [1.29, 1.82) is 0 Å². The van der Waals surface area contributed by atoms with E-state index in [1.54, 1.807) is 0 Å². The quantitative estimate of drug-likeness (QED) is 0.769. The normalized spacial score (nSPS) is 25.8. The molecule has 1 amide bonds. The molecule has 0 aromatic rings. The molecule has 0 aromatic heterocycles. The Morgan fingerprint density at radius 1 is 0.905 bits per heavy atom. The molecule has 21 heavy (non-hydrogen) atoms. The van der Waals surface area contributed by atoms with Crippen LogP contribution in [0.2, 0.25) is 0 Å². The van der Waals surface area contributed by atoms with Crippen LogP contribution in [-0.4, -0.2) is 24.3 Å². The number of nitrogens with two attached hydrogens (primary N) is 2. The Labute approximate surface area is 122 Å². The molecule has 2 aliphatic rings. The number of amides is 1. The Morgan fingerprint density at radius 3 is 1.62 bits per heavy atom. The topological polar surface area (TPSA) is 69.1 Å². The highest BCUT2D eigenvalue weighted by Crippen LogP contribution is 2.36. The molecule has 0 atom stereocenters. The van der Waals surface area contributed by atoms with Crippen LogP contribution in [-0.2, 0) is 4.79 Å². The molecular weight excluding hydrogens is 288 g/mol. The monoisotopic (exact) mass is 312 g/mol. The van der Waals surface area contributed by atoms with Crippen LogP contribution >= 0.6 is 0 Å². The average Bonchev–Trinajstić information content (AvgIpc) is 2.39. The highest BCUT2D eigenvalue weighted by Gasteiger charge is 2.36. The first-order valence-electron chi connectivity index (χ1n) is 7.40. The van der Waals surface area contributed by atoms with Gasteiger partial charge in [-0.2, -0.15) is 0 Å². The van der Waals surface area contributed by atoms with Crippen molar-refractivity contribution in [1.82, 2.24) is 0 Å². The fourth-order valence-electron chi connectivity index (χ4n) is 2.66. The molecule has 2 aliphatic carbocycles. The van der Waals surface area contributed by atoms with Gasteiger partial charge < -0.3 is 11.5 Å². The van der Waals surface area contributed by atoms with E-state index in [9.17, 15) is 22.4 Å². The zero-order valence-corrected chi connectivity index (χ0v) is 12.1. The summed E-state index contributed by atoms with van der Waals surface area (Å²) in [7, 11) is 0. The fraction of sp³-hybridized carbons (Fsp3) is 0.929. The number of alkyl halides is 4. The Hall–Kier alpha value is -0.850. The second kappa shape index (κ2) is 7.42. The van der Waals surface area contributed by atoms with Crippen molar-refractivity contribution < 1.29 is 22.4 Å². The first-order chi connectivity index (χ1) is 9.65. The predicted molar refractivity (Wildman–Crippen MR) is 72.1 cm³/mol. The van der Waals surface area contributed by atoms with Gasteiger partial charge in [0.2, 0.25) is 17.8 Å². The minimum Gasteiger partial charge on any atom is -0.369 e. The molecule has 0 aliphatic heterocycles. The highest BCUT2D eigenvalue weighted by atomic mass is 19.3. The predicted octanol–water partition coefficient (Wildman–Crippen LogP) is 3.07. The summed E-state index contributed by atoms with van der Waals surface area (Å²) in [6, 6.07) is 0. The fourth-order valence-corrected chi connectivity index (χ4v) is 2.66. The lowest BCUT2D eigenvalue weighted by Gasteiger charge is -2.26. The van der Waals surface area contributed by atoms with Crippen LogP contribution in [0.3, 0.4) is 0 Å². The van der Waals surface area contributed by atoms with Gasteiger partial charge in [-0.25, -0.2) is 17.6 Å². The Kier molecular flexibility index (Phi) is 6.43. The molecule has 0 radical (unpaired) electrons. The lowest BCUT2D eigenvalue weighted by atomic mass is 9.86. The van der Waals surface area contributed by atoms with E-state index in [2.05, 4.69) is 0 Å². The highest BCUT2D eigenvalue weighted by molar-refractivity contribution is 5.76. The minimum absolute atomic E-state index is 0.0366. The summed E-state index contributed by atoms with van der Waals surface area (Å²) in [5, 5.41) is 0. The zero-order valence-electron chi connectivity index (χ0n) is 12.1. The number of rotatable bonds is 2. The standard InChI is InChI=1S/C7H11F2NO.C7H13F2N/c8-7(9)3-1-5(2-4-7)6(10)11;8-7(9)3-1-6(5-10)2-4-7/h5H,1-4H2,(H2,10,11);6H,1-5,10H2. The van der Waals surface area contributed by atoms with Gasteiger partial charge in [0, 0.05) is 31.6 Å². The SMILES string of the molecule is NC(=O)C1CCC(F)(F)CC1.NCC1CCC(F)(F)CC1. The van der Waals surface area contributed by atoms with Crippen molar-refractivity contribution >= 4 is 5.91 Å². The third-order valence-corrected chi connectivity index (χ3v) is 4.29. The van der Waals surface area contributed by atoms with Gasteiger partial charge in [-0.15, -0.1) is 0 Å². The van der Waals surface area contributed by atoms with Gasteiger partial charge in [0.25, 0.3) is 0 Å². The van der Waals surface area contributed by atoms with Crippen molar-refractivity contribution in [3.05, 3.63) is 0 Å². The third kappa shape index (κ3) is 6.63. The van der Waals surface area contributed by atoms with Crippen LogP contribution in [0.5, 0.6) is 0 Å². The maximum atomic E-state index is 12.5. The van der Waals surface area contributed by atoms with Crippen molar-refractivity contribution in [2.75, 3.05) is 6.54 Å². The minimum atomic E-state index is -2.56. The van der Waals surface area contributed by atoms with Crippen LogP contribution in [0, 0.1) is 11.8 Å². The van der Waals surface area contributed by atoms with Gasteiger partial charge in [-0.1, -0.05) is 0 Å². The molecule has 2 fully saturated rings. The van der Waals surface area contributed by atoms with Gasteiger partial charge in [0.15, 0.2) is 0 Å². The molecule has 0 bridgehead atoms. The van der Waals surface area contributed by atoms with Crippen LogP contribution < -0.4 is 11.5 Å². The first kappa shape index (κ1) is 18.2. The van der Waals surface area contributed by atoms with Crippen LogP contribution in [0.4, 0.5) is 17.6 Å². The summed E-state index contributed by atoms with van der Waals surface area (Å²) in [4.78, 5) is 10.5. The second-order valence-electron chi connectivity index (χ2n) is 6.07. The molecule has 0 spiro atoms. The lowest BCUT2D eigenvalue weighted by Crippen LogP contribution is -2.32. The van der Waals surface area contributed by atoms with Gasteiger partial charge >= 0.3 is 0 Å². The molecule has 3 nitrogen and oxygen atoms in total. The number of hydrogen-bond acceptors (Lipinski definition) is 2. The smallest absolute Gasteiger partial charge is 0.248 e. The summed E-state index contributed by atoms with van der Waals surface area (Å²) in [6.45, 7) is 0.566. The van der Waals surface area contributed by atoms with E-state index in [0.29, 0.717) is 25.3 Å². The third-order valence-electron chi connectivity index (χ3n) is 4.29. The summed E-state index contributed by atoms with van der Waals surface area (Å²) >= 11 is 0. The van der Waals surface area contributed by atoms with Gasteiger partial charge in [0.05, 0.1) is 0 Å². The number of primary amides is 1. The molecule has 7 heteroatoms. The van der Waals surface area contributed by atoms with Crippen molar-refractivity contribution in [3.8, 4) is 0 Å². The maximum Gasteiger partial charge on any atom is 0.248 e. The Bertz CT molecular complexity index is 330. The number of carbonyl (C=O) groups is 1. The molecule has 0 heterocycles. The summed E-state index contributed by atoms with van der Waals surface area (Å²) in [5.41, 5.74) is 10.3. The molecule has 4 N–H and O–H groups in total. The molecule has 0 unspecified atom stereocenters. The average molecular weight is 312 g/mol. The maximum absolute atomic E-state index is 12.5. The zero-order chi connectivity index (χ0) is 16.1.